The van der Waals surface area contributed by atoms with Crippen molar-refractivity contribution in [2.24, 2.45) is 4.99 Å². The molecule has 2 atom stereocenters. The number of aliphatic imine (C=N–C) groups is 1. The topological polar surface area (TPSA) is 41.9 Å². The van der Waals surface area contributed by atoms with Gasteiger partial charge < -0.3 is 9.64 Å². The number of rotatable bonds is 5. The lowest BCUT2D eigenvalue weighted by atomic mass is 10.00. The van der Waals surface area contributed by atoms with Gasteiger partial charge in [0, 0.05) is 5.69 Å². The maximum atomic E-state index is 12.8. The van der Waals surface area contributed by atoms with E-state index in [0.29, 0.717) is 12.3 Å². The number of hydrogen-bond acceptors (Lipinski definition) is 4. The predicted molar refractivity (Wildman–Crippen MR) is 111 cm³/mol. The number of hydrogen-bond donors (Lipinski definition) is 0. The first-order valence-corrected chi connectivity index (χ1v) is 9.47. The highest BCUT2D eigenvalue weighted by molar-refractivity contribution is 6.40. The van der Waals surface area contributed by atoms with Gasteiger partial charge >= 0.3 is 5.97 Å². The van der Waals surface area contributed by atoms with Crippen LogP contribution in [0.4, 0.5) is 5.69 Å². The van der Waals surface area contributed by atoms with Crippen molar-refractivity contribution < 1.29 is 9.53 Å². The van der Waals surface area contributed by atoms with Crippen LogP contribution in [-0.2, 0) is 9.53 Å². The Hall–Kier alpha value is -3.40. The second kappa shape index (κ2) is 8.09. The average Bonchev–Trinajstić information content (AvgIpc) is 3.16. The van der Waals surface area contributed by atoms with Gasteiger partial charge in [0.1, 0.15) is 17.9 Å². The summed E-state index contributed by atoms with van der Waals surface area (Å²) in [4.78, 5) is 19.9. The molecule has 0 saturated heterocycles. The van der Waals surface area contributed by atoms with E-state index >= 15 is 0 Å². The molecule has 0 saturated carbocycles. The number of anilines is 1. The van der Waals surface area contributed by atoms with E-state index in [1.807, 2.05) is 85.8 Å². The van der Waals surface area contributed by atoms with E-state index in [1.165, 1.54) is 0 Å². The monoisotopic (exact) mass is 370 g/mol. The highest BCUT2D eigenvalue weighted by Gasteiger charge is 2.41. The molecule has 1 heterocycles. The molecule has 0 fully saturated rings. The maximum Gasteiger partial charge on any atom is 0.354 e. The van der Waals surface area contributed by atoms with E-state index in [-0.39, 0.29) is 18.2 Å². The van der Waals surface area contributed by atoms with Gasteiger partial charge in [-0.15, -0.1) is 0 Å². The minimum atomic E-state index is -0.365. The van der Waals surface area contributed by atoms with Crippen molar-refractivity contribution in [3.63, 3.8) is 0 Å². The van der Waals surface area contributed by atoms with Gasteiger partial charge in [0.05, 0.1) is 6.61 Å². The quantitative estimate of drug-likeness (QED) is 0.597. The molecular formula is C24H22N2O2. The summed E-state index contributed by atoms with van der Waals surface area (Å²) in [5.41, 5.74) is 3.49. The molecule has 0 aromatic heterocycles. The van der Waals surface area contributed by atoms with Crippen molar-refractivity contribution in [2.75, 3.05) is 11.5 Å². The third kappa shape index (κ3) is 3.41. The van der Waals surface area contributed by atoms with Gasteiger partial charge in [0.15, 0.2) is 0 Å². The fourth-order valence-corrected chi connectivity index (χ4v) is 3.61. The molecule has 3 aromatic rings. The zero-order valence-corrected chi connectivity index (χ0v) is 15.7. The predicted octanol–water partition coefficient (Wildman–Crippen LogP) is 4.95. The zero-order chi connectivity index (χ0) is 19.3. The Labute approximate surface area is 165 Å². The van der Waals surface area contributed by atoms with Crippen LogP contribution >= 0.6 is 0 Å². The summed E-state index contributed by atoms with van der Waals surface area (Å²) in [5.74, 6) is -0.365. The SMILES string of the molecule is CCOC(=O)C1=NC(c2ccccc2)N(c2ccccc2)C1c1ccccc1. The van der Waals surface area contributed by atoms with Crippen LogP contribution in [0.1, 0.15) is 30.3 Å². The Bertz CT molecular complexity index is 956. The molecule has 0 radical (unpaired) electrons. The highest BCUT2D eigenvalue weighted by atomic mass is 16.5. The molecular weight excluding hydrogens is 348 g/mol. The number of esters is 1. The lowest BCUT2D eigenvalue weighted by Gasteiger charge is -2.32. The second-order valence-corrected chi connectivity index (χ2v) is 6.58. The molecule has 0 amide bonds. The molecule has 140 valence electrons. The minimum Gasteiger partial charge on any atom is -0.461 e. The first-order chi connectivity index (χ1) is 13.8. The summed E-state index contributed by atoms with van der Waals surface area (Å²) in [7, 11) is 0. The Morgan fingerprint density at radius 3 is 1.96 bits per heavy atom. The lowest BCUT2D eigenvalue weighted by molar-refractivity contribution is -0.135. The first-order valence-electron chi connectivity index (χ1n) is 9.47. The van der Waals surface area contributed by atoms with Crippen molar-refractivity contribution in [3.8, 4) is 0 Å². The Balaban J connectivity index is 1.88. The van der Waals surface area contributed by atoms with Crippen LogP contribution in [0.3, 0.4) is 0 Å². The summed E-state index contributed by atoms with van der Waals surface area (Å²) < 4.78 is 5.35. The normalized spacial score (nSPS) is 18.6. The number of carbonyl (C=O) groups is 1. The molecule has 0 aliphatic carbocycles. The fourth-order valence-electron chi connectivity index (χ4n) is 3.61. The maximum absolute atomic E-state index is 12.8. The fraction of sp³-hybridized carbons (Fsp3) is 0.167. The summed E-state index contributed by atoms with van der Waals surface area (Å²) in [6.07, 6.45) is -0.298. The first kappa shape index (κ1) is 18.0. The smallest absolute Gasteiger partial charge is 0.354 e. The van der Waals surface area contributed by atoms with E-state index < -0.39 is 0 Å². The van der Waals surface area contributed by atoms with Crippen LogP contribution in [-0.4, -0.2) is 18.3 Å². The van der Waals surface area contributed by atoms with Crippen LogP contribution in [0.25, 0.3) is 0 Å². The van der Waals surface area contributed by atoms with E-state index in [0.717, 1.165) is 16.8 Å². The van der Waals surface area contributed by atoms with Gasteiger partial charge in [-0.2, -0.15) is 0 Å². The molecule has 1 aliphatic rings. The summed E-state index contributed by atoms with van der Waals surface area (Å²) in [5, 5.41) is 0. The van der Waals surface area contributed by atoms with E-state index in [2.05, 4.69) is 17.0 Å². The molecule has 4 rings (SSSR count). The minimum absolute atomic E-state index is 0.298. The molecule has 3 aromatic carbocycles. The standard InChI is InChI=1S/C24H22N2O2/c1-2-28-24(27)21-22(18-12-6-3-7-13-18)26(20-16-10-5-11-17-20)23(25-21)19-14-8-4-9-15-19/h3-17,22-23H,2H2,1H3. The van der Waals surface area contributed by atoms with Gasteiger partial charge in [0.2, 0.25) is 0 Å². The Morgan fingerprint density at radius 2 is 1.39 bits per heavy atom. The zero-order valence-electron chi connectivity index (χ0n) is 15.7. The van der Waals surface area contributed by atoms with E-state index in [4.69, 9.17) is 9.73 Å². The number of carbonyl (C=O) groups excluding carboxylic acids is 1. The molecule has 28 heavy (non-hydrogen) atoms. The van der Waals surface area contributed by atoms with Crippen molar-refractivity contribution >= 4 is 17.4 Å². The van der Waals surface area contributed by atoms with Gasteiger partial charge in [-0.3, -0.25) is 0 Å². The molecule has 2 unspecified atom stereocenters. The van der Waals surface area contributed by atoms with Crippen LogP contribution in [0.15, 0.2) is 96.0 Å². The third-order valence-corrected chi connectivity index (χ3v) is 4.81. The molecule has 4 heteroatoms. The number of ether oxygens (including phenoxy) is 1. The van der Waals surface area contributed by atoms with Crippen molar-refractivity contribution in [1.29, 1.82) is 0 Å². The number of nitrogens with zero attached hydrogens (tertiary/aromatic N) is 2. The average molecular weight is 370 g/mol. The van der Waals surface area contributed by atoms with E-state index in [1.54, 1.807) is 0 Å². The van der Waals surface area contributed by atoms with E-state index in [9.17, 15) is 4.79 Å². The molecule has 1 aliphatic heterocycles. The van der Waals surface area contributed by atoms with Crippen molar-refractivity contribution in [2.45, 2.75) is 19.1 Å². The molecule has 0 bridgehead atoms. The third-order valence-electron chi connectivity index (χ3n) is 4.81. The second-order valence-electron chi connectivity index (χ2n) is 6.58. The molecule has 0 spiro atoms. The van der Waals surface area contributed by atoms with Gasteiger partial charge in [-0.1, -0.05) is 78.9 Å². The summed E-state index contributed by atoms with van der Waals surface area (Å²) in [6.45, 7) is 2.13. The van der Waals surface area contributed by atoms with Crippen LogP contribution in [0.5, 0.6) is 0 Å². The lowest BCUT2D eigenvalue weighted by Crippen LogP contribution is -2.33. The van der Waals surface area contributed by atoms with Crippen LogP contribution < -0.4 is 4.90 Å². The number of para-hydroxylation sites is 1. The van der Waals surface area contributed by atoms with Gasteiger partial charge in [0.25, 0.3) is 0 Å². The van der Waals surface area contributed by atoms with Crippen LogP contribution in [0, 0.1) is 0 Å². The van der Waals surface area contributed by atoms with Gasteiger partial charge in [-0.25, -0.2) is 9.79 Å². The van der Waals surface area contributed by atoms with Gasteiger partial charge in [-0.05, 0) is 30.2 Å². The van der Waals surface area contributed by atoms with Crippen molar-refractivity contribution in [1.82, 2.24) is 0 Å². The molecule has 0 N–H and O–H groups in total. The number of benzene rings is 3. The Kier molecular flexibility index (Phi) is 5.20. The van der Waals surface area contributed by atoms with Crippen molar-refractivity contribution in [3.05, 3.63) is 102 Å². The summed E-state index contributed by atoms with van der Waals surface area (Å²) in [6, 6.07) is 29.8. The van der Waals surface area contributed by atoms with Crippen LogP contribution in [0.2, 0.25) is 0 Å². The largest absolute Gasteiger partial charge is 0.461 e. The summed E-state index contributed by atoms with van der Waals surface area (Å²) >= 11 is 0. The molecule has 4 nitrogen and oxygen atoms in total. The highest BCUT2D eigenvalue weighted by Crippen LogP contribution is 2.42. The Morgan fingerprint density at radius 1 is 0.857 bits per heavy atom.